The highest BCUT2D eigenvalue weighted by Crippen LogP contribution is 2.26. The van der Waals surface area contributed by atoms with E-state index in [2.05, 4.69) is 11.4 Å². The molecule has 3 rings (SSSR count). The minimum Gasteiger partial charge on any atom is -0.370 e. The first kappa shape index (κ1) is 18.2. The second kappa shape index (κ2) is 8.17. The van der Waals surface area contributed by atoms with E-state index in [1.54, 1.807) is 29.2 Å². The molecule has 2 aromatic rings. The zero-order valence-electron chi connectivity index (χ0n) is 13.9. The summed E-state index contributed by atoms with van der Waals surface area (Å²) in [6.07, 6.45) is -0.352. The second-order valence-corrected chi connectivity index (χ2v) is 6.36. The second-order valence-electron chi connectivity index (χ2n) is 5.95. The molecule has 7 heteroatoms. The van der Waals surface area contributed by atoms with Gasteiger partial charge < -0.3 is 15.0 Å². The molecule has 134 valence electrons. The molecule has 1 heterocycles. The molecule has 0 unspecified atom stereocenters. The van der Waals surface area contributed by atoms with Gasteiger partial charge in [-0.15, -0.1) is 0 Å². The molecule has 1 saturated heterocycles. The molecule has 1 atom stereocenters. The first-order chi connectivity index (χ1) is 12.6. The van der Waals surface area contributed by atoms with Gasteiger partial charge in [0.2, 0.25) is 0 Å². The summed E-state index contributed by atoms with van der Waals surface area (Å²) in [7, 11) is 0. The average Bonchev–Trinajstić information content (AvgIpc) is 2.68. The number of hydrogen-bond donors (Lipinski definition) is 1. The summed E-state index contributed by atoms with van der Waals surface area (Å²) < 4.78 is 19.0. The fourth-order valence-electron chi connectivity index (χ4n) is 2.79. The predicted octanol–water partition coefficient (Wildman–Crippen LogP) is 3.63. The number of benzene rings is 2. The number of halogens is 2. The van der Waals surface area contributed by atoms with E-state index in [0.717, 1.165) is 11.1 Å². The summed E-state index contributed by atoms with van der Waals surface area (Å²) in [4.78, 5) is 14.1. The van der Waals surface area contributed by atoms with E-state index >= 15 is 0 Å². The fraction of sp³-hybridized carbons (Fsp3) is 0.263. The monoisotopic (exact) mass is 373 g/mol. The molecule has 1 aliphatic heterocycles. The molecule has 0 radical (unpaired) electrons. The Balaban J connectivity index is 1.60. The molecular weight excluding hydrogens is 357 g/mol. The van der Waals surface area contributed by atoms with Gasteiger partial charge in [0.15, 0.2) is 0 Å². The van der Waals surface area contributed by atoms with E-state index in [1.165, 1.54) is 12.1 Å². The van der Waals surface area contributed by atoms with Crippen molar-refractivity contribution in [1.82, 2.24) is 10.2 Å². The van der Waals surface area contributed by atoms with Gasteiger partial charge in [0, 0.05) is 13.1 Å². The molecule has 0 aromatic heterocycles. The van der Waals surface area contributed by atoms with Crippen LogP contribution in [0.1, 0.15) is 22.8 Å². The van der Waals surface area contributed by atoms with E-state index in [0.29, 0.717) is 31.8 Å². The maximum Gasteiger partial charge on any atom is 0.317 e. The van der Waals surface area contributed by atoms with Crippen LogP contribution in [-0.2, 0) is 11.3 Å². The van der Waals surface area contributed by atoms with Crippen LogP contribution in [0.25, 0.3) is 0 Å². The molecule has 2 amide bonds. The van der Waals surface area contributed by atoms with Crippen molar-refractivity contribution in [3.05, 3.63) is 70.0 Å². The molecule has 0 saturated carbocycles. The van der Waals surface area contributed by atoms with Crippen LogP contribution in [0.4, 0.5) is 9.18 Å². The van der Waals surface area contributed by atoms with Crippen molar-refractivity contribution in [2.24, 2.45) is 0 Å². The Labute approximate surface area is 155 Å². The van der Waals surface area contributed by atoms with Gasteiger partial charge in [-0.05, 0) is 35.4 Å². The molecular formula is C19H17ClFN3O2. The Morgan fingerprint density at radius 3 is 3.00 bits per heavy atom. The Bertz CT molecular complexity index is 853. The predicted molar refractivity (Wildman–Crippen MR) is 95.1 cm³/mol. The lowest BCUT2D eigenvalue weighted by Gasteiger charge is -2.33. The fourth-order valence-corrected chi connectivity index (χ4v) is 2.98. The maximum atomic E-state index is 13.3. The SMILES string of the molecule is N#Cc1cccc(CNC(=O)N2CCO[C@H](c3ccc(F)c(Cl)c3)C2)c1. The van der Waals surface area contributed by atoms with Gasteiger partial charge in [-0.25, -0.2) is 9.18 Å². The van der Waals surface area contributed by atoms with Crippen LogP contribution in [0.5, 0.6) is 0 Å². The lowest BCUT2D eigenvalue weighted by Crippen LogP contribution is -2.46. The molecule has 1 fully saturated rings. The topological polar surface area (TPSA) is 65.4 Å². The van der Waals surface area contributed by atoms with E-state index in [9.17, 15) is 9.18 Å². The van der Waals surface area contributed by atoms with Crippen molar-refractivity contribution in [2.45, 2.75) is 12.6 Å². The van der Waals surface area contributed by atoms with E-state index in [4.69, 9.17) is 21.6 Å². The molecule has 1 N–H and O–H groups in total. The van der Waals surface area contributed by atoms with Gasteiger partial charge in [-0.3, -0.25) is 0 Å². The van der Waals surface area contributed by atoms with Crippen LogP contribution in [0, 0.1) is 17.1 Å². The van der Waals surface area contributed by atoms with Crippen LogP contribution in [-0.4, -0.2) is 30.6 Å². The lowest BCUT2D eigenvalue weighted by molar-refractivity contribution is -0.0155. The van der Waals surface area contributed by atoms with E-state index in [-0.39, 0.29) is 17.2 Å². The van der Waals surface area contributed by atoms with Gasteiger partial charge >= 0.3 is 6.03 Å². The van der Waals surface area contributed by atoms with Crippen LogP contribution < -0.4 is 5.32 Å². The van der Waals surface area contributed by atoms with Crippen LogP contribution in [0.15, 0.2) is 42.5 Å². The number of nitrogens with zero attached hydrogens (tertiary/aromatic N) is 2. The smallest absolute Gasteiger partial charge is 0.317 e. The first-order valence-corrected chi connectivity index (χ1v) is 8.53. The third-order valence-electron chi connectivity index (χ3n) is 4.17. The number of carbonyl (C=O) groups excluding carboxylic acids is 1. The molecule has 1 aliphatic rings. The minimum absolute atomic E-state index is 0.0325. The number of nitriles is 1. The van der Waals surface area contributed by atoms with Crippen molar-refractivity contribution in [1.29, 1.82) is 5.26 Å². The van der Waals surface area contributed by atoms with Gasteiger partial charge in [0.25, 0.3) is 0 Å². The summed E-state index contributed by atoms with van der Waals surface area (Å²) >= 11 is 5.83. The summed E-state index contributed by atoms with van der Waals surface area (Å²) in [6.45, 7) is 1.54. The maximum absolute atomic E-state index is 13.3. The van der Waals surface area contributed by atoms with Crippen LogP contribution >= 0.6 is 11.6 Å². The van der Waals surface area contributed by atoms with E-state index in [1.807, 2.05) is 6.07 Å². The Morgan fingerprint density at radius 2 is 2.23 bits per heavy atom. The zero-order valence-corrected chi connectivity index (χ0v) is 14.7. The van der Waals surface area contributed by atoms with Crippen molar-refractivity contribution in [3.63, 3.8) is 0 Å². The van der Waals surface area contributed by atoms with Gasteiger partial charge in [-0.1, -0.05) is 29.8 Å². The number of rotatable bonds is 3. The van der Waals surface area contributed by atoms with Gasteiger partial charge in [0.1, 0.15) is 11.9 Å². The number of hydrogen-bond acceptors (Lipinski definition) is 3. The Hall–Kier alpha value is -2.62. The summed E-state index contributed by atoms with van der Waals surface area (Å²) in [5, 5.41) is 11.8. The van der Waals surface area contributed by atoms with Crippen molar-refractivity contribution in [2.75, 3.05) is 19.7 Å². The highest BCUT2D eigenvalue weighted by Gasteiger charge is 2.25. The standard InChI is InChI=1S/C19H17ClFN3O2/c20-16-9-15(4-5-17(16)21)18-12-24(6-7-26-18)19(25)23-11-14-3-1-2-13(8-14)10-22/h1-5,8-9,18H,6-7,11-12H2,(H,23,25)/t18-/m0/s1. The third kappa shape index (κ3) is 4.31. The van der Waals surface area contributed by atoms with Gasteiger partial charge in [-0.2, -0.15) is 5.26 Å². The number of urea groups is 1. The molecule has 5 nitrogen and oxygen atoms in total. The number of amides is 2. The number of carbonyl (C=O) groups is 1. The molecule has 2 aromatic carbocycles. The quantitative estimate of drug-likeness (QED) is 0.893. The number of nitrogens with one attached hydrogen (secondary N) is 1. The summed E-state index contributed by atoms with van der Waals surface area (Å²) in [5.74, 6) is -0.486. The summed E-state index contributed by atoms with van der Waals surface area (Å²) in [6, 6.07) is 13.4. The van der Waals surface area contributed by atoms with Gasteiger partial charge in [0.05, 0.1) is 29.8 Å². The average molecular weight is 374 g/mol. The van der Waals surface area contributed by atoms with Crippen molar-refractivity contribution in [3.8, 4) is 6.07 Å². The third-order valence-corrected chi connectivity index (χ3v) is 4.46. The zero-order chi connectivity index (χ0) is 18.5. The molecule has 0 spiro atoms. The number of morpholine rings is 1. The largest absolute Gasteiger partial charge is 0.370 e. The van der Waals surface area contributed by atoms with Crippen molar-refractivity contribution < 1.29 is 13.9 Å². The Morgan fingerprint density at radius 1 is 1.38 bits per heavy atom. The molecule has 0 aliphatic carbocycles. The van der Waals surface area contributed by atoms with E-state index < -0.39 is 5.82 Å². The number of ether oxygens (including phenoxy) is 1. The highest BCUT2D eigenvalue weighted by atomic mass is 35.5. The lowest BCUT2D eigenvalue weighted by atomic mass is 10.1. The normalized spacial score (nSPS) is 16.8. The summed E-state index contributed by atoms with van der Waals surface area (Å²) in [5.41, 5.74) is 2.14. The van der Waals surface area contributed by atoms with Crippen LogP contribution in [0.2, 0.25) is 5.02 Å². The molecule has 26 heavy (non-hydrogen) atoms. The Kier molecular flexibility index (Phi) is 5.71. The minimum atomic E-state index is -0.486. The highest BCUT2D eigenvalue weighted by molar-refractivity contribution is 6.30. The van der Waals surface area contributed by atoms with Crippen LogP contribution in [0.3, 0.4) is 0 Å². The van der Waals surface area contributed by atoms with Crippen molar-refractivity contribution >= 4 is 17.6 Å². The molecule has 0 bridgehead atoms. The first-order valence-electron chi connectivity index (χ1n) is 8.15.